The Hall–Kier alpha value is -11.2. The van der Waals surface area contributed by atoms with Crippen LogP contribution in [0.3, 0.4) is 0 Å². The number of alkyl carbamates (subject to hydrolysis) is 3. The van der Waals surface area contributed by atoms with Crippen molar-refractivity contribution in [3.8, 4) is 0 Å². The number of aromatic carboxylic acids is 2. The number of unbranched alkanes of at least 4 members (excludes halogenated alkanes) is 9. The summed E-state index contributed by atoms with van der Waals surface area (Å²) in [5, 5.41) is 40.5. The topological polar surface area (TPSA) is 527 Å². The molecule has 37 nitrogen and oxygen atoms in total. The molecule has 0 radical (unpaired) electrons. The number of amides is 3. The lowest BCUT2D eigenvalue weighted by molar-refractivity contribution is -0.155. The van der Waals surface area contributed by atoms with Gasteiger partial charge < -0.3 is 98.0 Å². The van der Waals surface area contributed by atoms with Gasteiger partial charge in [-0.15, -0.1) is 0 Å². The van der Waals surface area contributed by atoms with Gasteiger partial charge in [0, 0.05) is 33.1 Å². The molecule has 0 bridgehead atoms. The Morgan fingerprint density at radius 2 is 0.532 bits per heavy atom. The smallest absolute Gasteiger partial charge is 0.407 e. The minimum absolute atomic E-state index is 0.0294. The van der Waals surface area contributed by atoms with E-state index in [0.29, 0.717) is 128 Å². The van der Waals surface area contributed by atoms with E-state index in [-0.39, 0.29) is 142 Å². The summed E-state index contributed by atoms with van der Waals surface area (Å²) in [5.41, 5.74) is -2.44. The van der Waals surface area contributed by atoms with Gasteiger partial charge in [-0.3, -0.25) is 47.9 Å². The van der Waals surface area contributed by atoms with Crippen molar-refractivity contribution in [2.75, 3.05) is 106 Å². The Kier molecular flexibility index (Phi) is 83.9. The van der Waals surface area contributed by atoms with E-state index in [1.807, 2.05) is 76.2 Å². The van der Waals surface area contributed by atoms with Gasteiger partial charge in [-0.25, -0.2) is 33.6 Å². The highest BCUT2D eigenvalue weighted by molar-refractivity contribution is 6.03. The molecule has 0 heterocycles. The molecular formula is C104H175N3O34. The first kappa shape index (κ1) is 138. The first-order valence-corrected chi connectivity index (χ1v) is 49.9. The van der Waals surface area contributed by atoms with Crippen molar-refractivity contribution in [3.63, 3.8) is 0 Å². The average Bonchev–Trinajstić information content (AvgIpc) is 0.850. The second kappa shape index (κ2) is 85.6. The van der Waals surface area contributed by atoms with Crippen molar-refractivity contribution in [2.24, 2.45) is 45.3 Å². The van der Waals surface area contributed by atoms with E-state index < -0.39 is 75.8 Å². The van der Waals surface area contributed by atoms with E-state index in [4.69, 9.17) is 91.6 Å². The molecule has 0 aromatic heterocycles. The van der Waals surface area contributed by atoms with Gasteiger partial charge in [-0.1, -0.05) is 165 Å². The Morgan fingerprint density at radius 3 is 0.766 bits per heavy atom. The van der Waals surface area contributed by atoms with Crippen molar-refractivity contribution < 1.29 is 164 Å². The summed E-state index contributed by atoms with van der Waals surface area (Å²) in [6, 6.07) is 11.5. The number of hydrogen-bond donors (Lipinski definition) is 7. The Labute approximate surface area is 837 Å². The Balaban J connectivity index is -0.000000538. The number of carbonyl (C=O) groups excluding carboxylic acids is 13. The van der Waals surface area contributed by atoms with Gasteiger partial charge in [0.2, 0.25) is 0 Å². The molecular weight excluding hydrogens is 1840 g/mol. The third kappa shape index (κ3) is 77.2. The van der Waals surface area contributed by atoms with E-state index in [0.717, 1.165) is 110 Å². The molecule has 7 N–H and O–H groups in total. The lowest BCUT2D eigenvalue weighted by Crippen LogP contribution is -2.32. The molecule has 2 rings (SSSR count). The zero-order chi connectivity index (χ0) is 108. The van der Waals surface area contributed by atoms with Gasteiger partial charge in [0.05, 0.1) is 109 Å². The molecule has 4 unspecified atom stereocenters. The largest absolute Gasteiger partial charge is 0.481 e. The standard InChI is InChI=1S/3C23H43NO6.C16H20O6.C15H18O6.2C2H4O2/c3*1-6-9-13-19(7-2)18-30-20(25)14-11-10-12-16-29-22(27)24-15-17-28-21(26)23(4,5)8-3;1-4-16(2,3)15(20)22-10-9-21-14(19)12-8-6-5-7-11(12)13(17)18;1-3-10(2)14(18)20-8-9-21-15(19)12-7-5-4-6-11(12)13(16)17;2*1-2(3)4/h3*19H,6-18H2,1-5H3,(H,24,27);5-8H,4,9-10H2,1-3H3,(H,17,18);4-7,10H,3,8-9H2,1-2H3,(H,16,17);2*1H3,(H,3,4). The van der Waals surface area contributed by atoms with E-state index in [2.05, 4.69) is 57.5 Å². The van der Waals surface area contributed by atoms with Crippen LogP contribution in [0.5, 0.6) is 0 Å². The molecule has 0 aliphatic rings. The molecule has 0 spiro atoms. The Bertz CT molecular complexity index is 3630. The SMILES string of the molecule is CC(=O)O.CC(=O)O.CCC(C)(C)C(=O)OCCOC(=O)c1ccccc1C(=O)O.CCC(C)C(=O)OCCOC(=O)c1ccccc1C(=O)O.CCCCC(CC)COC(=O)CCCCCOC(=O)NCCOC(=O)C(C)(C)CC.CCCCC(CC)COC(=O)CCCCCOC(=O)NCCOC(=O)C(C)(C)CC.CCCCC(CC)COC(=O)CCCCCOC(=O)NCCOC(=O)C(C)(C)CC. The number of benzene rings is 2. The van der Waals surface area contributed by atoms with Gasteiger partial charge in [0.15, 0.2) is 0 Å². The van der Waals surface area contributed by atoms with Gasteiger partial charge in [0.1, 0.15) is 46.2 Å². The minimum atomic E-state index is -1.20. The first-order chi connectivity index (χ1) is 66.5. The van der Waals surface area contributed by atoms with Crippen LogP contribution in [0.1, 0.15) is 380 Å². The summed E-state index contributed by atoms with van der Waals surface area (Å²) in [6.45, 7) is 43.9. The predicted octanol–water partition coefficient (Wildman–Crippen LogP) is 19.9. The molecule has 0 saturated heterocycles. The quantitative estimate of drug-likeness (QED) is 0.0184. The lowest BCUT2D eigenvalue weighted by atomic mass is 9.91. The number of carboxylic acids is 4. The van der Waals surface area contributed by atoms with Gasteiger partial charge in [-0.2, -0.15) is 0 Å². The molecule has 3 amide bonds. The summed E-state index contributed by atoms with van der Waals surface area (Å²) in [5.74, 6) is -6.39. The summed E-state index contributed by atoms with van der Waals surface area (Å²) in [7, 11) is 0. The second-order valence-corrected chi connectivity index (χ2v) is 35.9. The van der Waals surface area contributed by atoms with Crippen molar-refractivity contribution in [1.82, 2.24) is 16.0 Å². The third-order valence-electron chi connectivity index (χ3n) is 22.3. The second-order valence-electron chi connectivity index (χ2n) is 35.9. The van der Waals surface area contributed by atoms with Crippen LogP contribution in [-0.4, -0.2) is 228 Å². The van der Waals surface area contributed by atoms with Crippen molar-refractivity contribution in [1.29, 1.82) is 0 Å². The monoisotopic (exact) mass is 2010 g/mol. The van der Waals surface area contributed by atoms with Crippen LogP contribution >= 0.6 is 0 Å². The normalized spacial score (nSPS) is 11.5. The van der Waals surface area contributed by atoms with Crippen LogP contribution in [0.2, 0.25) is 0 Å². The van der Waals surface area contributed by atoms with Crippen LogP contribution in [0, 0.1) is 45.3 Å². The number of aliphatic carboxylic acids is 2. The molecule has 2 aromatic carbocycles. The molecule has 0 aliphatic heterocycles. The van der Waals surface area contributed by atoms with E-state index in [1.165, 1.54) is 55.7 Å². The maximum absolute atomic E-state index is 11.8. The van der Waals surface area contributed by atoms with Crippen LogP contribution in [0.25, 0.3) is 0 Å². The van der Waals surface area contributed by atoms with Gasteiger partial charge >= 0.3 is 89.9 Å². The summed E-state index contributed by atoms with van der Waals surface area (Å²) >= 11 is 0. The van der Waals surface area contributed by atoms with Crippen LogP contribution in [-0.2, 0) is 110 Å². The first-order valence-electron chi connectivity index (χ1n) is 49.9. The molecule has 810 valence electrons. The number of rotatable bonds is 65. The highest BCUT2D eigenvalue weighted by Gasteiger charge is 2.31. The number of nitrogens with one attached hydrogen (secondary N) is 3. The highest BCUT2D eigenvalue weighted by atomic mass is 16.6. The van der Waals surface area contributed by atoms with Crippen LogP contribution in [0.4, 0.5) is 14.4 Å². The van der Waals surface area contributed by atoms with Crippen LogP contribution in [0.15, 0.2) is 48.5 Å². The molecule has 141 heavy (non-hydrogen) atoms. The molecule has 0 saturated carbocycles. The van der Waals surface area contributed by atoms with E-state index in [9.17, 15) is 71.9 Å². The predicted molar refractivity (Wildman–Crippen MR) is 531 cm³/mol. The lowest BCUT2D eigenvalue weighted by Gasteiger charge is -2.20. The van der Waals surface area contributed by atoms with Gasteiger partial charge in [0.25, 0.3) is 11.9 Å². The fraction of sp³-hybridized carbons (Fsp3) is 0.721. The zero-order valence-corrected chi connectivity index (χ0v) is 88.8. The van der Waals surface area contributed by atoms with Gasteiger partial charge in [-0.05, 0) is 207 Å². The average molecular weight is 2010 g/mol. The zero-order valence-electron chi connectivity index (χ0n) is 88.8. The fourth-order valence-electron chi connectivity index (χ4n) is 10.8. The maximum Gasteiger partial charge on any atom is 0.407 e. The molecule has 37 heteroatoms. The Morgan fingerprint density at radius 1 is 0.291 bits per heavy atom. The number of hydrogen-bond acceptors (Lipinski definition) is 30. The number of esters is 10. The van der Waals surface area contributed by atoms with E-state index in [1.54, 1.807) is 32.9 Å². The summed E-state index contributed by atoms with van der Waals surface area (Å²) < 4.78 is 66.5. The van der Waals surface area contributed by atoms with Crippen LogP contribution < -0.4 is 16.0 Å². The highest BCUT2D eigenvalue weighted by Crippen LogP contribution is 2.26. The molecule has 2 aromatic rings. The number of carbonyl (C=O) groups is 17. The minimum Gasteiger partial charge on any atom is -0.481 e. The summed E-state index contributed by atoms with van der Waals surface area (Å²) in [6.07, 6.45) is 23.0. The fourth-order valence-corrected chi connectivity index (χ4v) is 10.8. The number of ether oxygens (including phenoxy) is 13. The van der Waals surface area contributed by atoms with Crippen molar-refractivity contribution in [2.45, 2.75) is 339 Å². The molecule has 0 aliphatic carbocycles. The molecule has 0 fully saturated rings. The van der Waals surface area contributed by atoms with Crippen molar-refractivity contribution in [3.05, 3.63) is 70.8 Å². The maximum atomic E-state index is 11.8. The molecule has 4 atom stereocenters. The third-order valence-corrected chi connectivity index (χ3v) is 22.3. The number of carboxylic acid groups (broad SMARTS) is 4. The van der Waals surface area contributed by atoms with E-state index >= 15 is 0 Å². The van der Waals surface area contributed by atoms with Crippen molar-refractivity contribution >= 4 is 102 Å². The summed E-state index contributed by atoms with van der Waals surface area (Å²) in [4.78, 5) is 192.